The first-order valence-electron chi connectivity index (χ1n) is 9.34. The first kappa shape index (κ1) is 21.9. The van der Waals surface area contributed by atoms with Crippen molar-refractivity contribution in [2.45, 2.75) is 37.7 Å². The Bertz CT molecular complexity index is 1210. The predicted molar refractivity (Wildman–Crippen MR) is 101 cm³/mol. The third-order valence-electron chi connectivity index (χ3n) is 5.40. The van der Waals surface area contributed by atoms with E-state index < -0.39 is 41.2 Å². The summed E-state index contributed by atoms with van der Waals surface area (Å²) < 4.78 is 85.7. The number of imidazole rings is 1. The third-order valence-corrected chi connectivity index (χ3v) is 5.68. The van der Waals surface area contributed by atoms with Crippen LogP contribution in [0.15, 0.2) is 21.3 Å². The highest BCUT2D eigenvalue weighted by Gasteiger charge is 2.42. The van der Waals surface area contributed by atoms with Gasteiger partial charge in [-0.05, 0) is 39.0 Å². The molecule has 0 radical (unpaired) electrons. The van der Waals surface area contributed by atoms with Gasteiger partial charge in [0.15, 0.2) is 11.0 Å². The average molecular weight is 468 g/mol. The molecule has 31 heavy (non-hydrogen) atoms. The lowest BCUT2D eigenvalue weighted by Crippen LogP contribution is -2.29. The number of aromatic nitrogens is 2. The molecule has 0 spiro atoms. The molecule has 1 saturated heterocycles. The van der Waals surface area contributed by atoms with E-state index in [-0.39, 0.29) is 32.2 Å². The summed E-state index contributed by atoms with van der Waals surface area (Å²) in [5.74, 6) is -1.72. The molecule has 0 amide bonds. The Morgan fingerprint density at radius 3 is 2.39 bits per heavy atom. The minimum Gasteiger partial charge on any atom is -0.458 e. The number of rotatable bonds is 2. The first-order valence-corrected chi connectivity index (χ1v) is 9.72. The van der Waals surface area contributed by atoms with Crippen molar-refractivity contribution in [2.75, 3.05) is 20.1 Å². The summed E-state index contributed by atoms with van der Waals surface area (Å²) in [6.45, 7) is -0.532. The number of nitrogens with zero attached hydrogens (tertiary/aromatic N) is 3. The van der Waals surface area contributed by atoms with Crippen LogP contribution in [-0.2, 0) is 12.7 Å². The topological polar surface area (TPSA) is 51.3 Å². The van der Waals surface area contributed by atoms with Gasteiger partial charge in [0.25, 0.3) is 0 Å². The number of fused-ring (bicyclic) bond motifs is 3. The molecular weight excluding hydrogens is 452 g/mol. The van der Waals surface area contributed by atoms with E-state index in [0.29, 0.717) is 25.9 Å². The van der Waals surface area contributed by atoms with E-state index in [9.17, 15) is 31.1 Å². The van der Waals surface area contributed by atoms with Gasteiger partial charge in [-0.1, -0.05) is 11.6 Å². The molecule has 3 aromatic rings. The highest BCUT2D eigenvalue weighted by Crippen LogP contribution is 2.39. The van der Waals surface area contributed by atoms with Gasteiger partial charge in [0, 0.05) is 12.0 Å². The summed E-state index contributed by atoms with van der Waals surface area (Å²) >= 11 is 6.01. The number of alkyl halides is 6. The fourth-order valence-electron chi connectivity index (χ4n) is 3.92. The van der Waals surface area contributed by atoms with Gasteiger partial charge in [-0.25, -0.2) is 4.98 Å². The van der Waals surface area contributed by atoms with Crippen LogP contribution in [0.25, 0.3) is 22.0 Å². The molecule has 0 N–H and O–H groups in total. The summed E-state index contributed by atoms with van der Waals surface area (Å²) in [5, 5.41) is -0.570. The zero-order chi connectivity index (χ0) is 22.7. The van der Waals surface area contributed by atoms with Crippen molar-refractivity contribution in [2.24, 2.45) is 0 Å². The van der Waals surface area contributed by atoms with Gasteiger partial charge in [0.05, 0.1) is 10.4 Å². The van der Waals surface area contributed by atoms with Crippen LogP contribution in [0, 0.1) is 0 Å². The largest absolute Gasteiger partial charge is 0.458 e. The van der Waals surface area contributed by atoms with Crippen molar-refractivity contribution in [3.8, 4) is 0 Å². The average Bonchev–Trinajstić information content (AvgIpc) is 3.02. The van der Waals surface area contributed by atoms with Gasteiger partial charge in [-0.15, -0.1) is 0 Å². The van der Waals surface area contributed by atoms with Crippen LogP contribution in [0.5, 0.6) is 0 Å². The van der Waals surface area contributed by atoms with E-state index in [1.807, 2.05) is 7.05 Å². The molecule has 1 fully saturated rings. The number of hydrogen-bond acceptors (Lipinski definition) is 4. The fraction of sp³-hybridized carbons (Fsp3) is 0.474. The number of piperidine rings is 1. The molecule has 0 unspecified atom stereocenters. The van der Waals surface area contributed by atoms with Crippen molar-refractivity contribution < 1.29 is 30.8 Å². The Morgan fingerprint density at radius 2 is 1.81 bits per heavy atom. The maximum absolute atomic E-state index is 13.5. The van der Waals surface area contributed by atoms with Crippen LogP contribution in [-0.4, -0.2) is 40.8 Å². The van der Waals surface area contributed by atoms with Crippen molar-refractivity contribution in [1.29, 1.82) is 0 Å². The van der Waals surface area contributed by atoms with Gasteiger partial charge in [-0.2, -0.15) is 26.3 Å². The lowest BCUT2D eigenvalue weighted by molar-refractivity contribution is -0.160. The second-order valence-electron chi connectivity index (χ2n) is 7.66. The predicted octanol–water partition coefficient (Wildman–Crippen LogP) is 5.19. The lowest BCUT2D eigenvalue weighted by Gasteiger charge is -2.28. The smallest absolute Gasteiger partial charge is 0.449 e. The van der Waals surface area contributed by atoms with Crippen molar-refractivity contribution in [1.82, 2.24) is 14.5 Å². The molecule has 2 aromatic heterocycles. The summed E-state index contributed by atoms with van der Waals surface area (Å²) in [6, 6.07) is 2.31. The van der Waals surface area contributed by atoms with Crippen LogP contribution < -0.4 is 5.43 Å². The molecule has 168 valence electrons. The molecule has 0 atom stereocenters. The summed E-state index contributed by atoms with van der Waals surface area (Å²) in [6.07, 6.45) is -8.88. The maximum atomic E-state index is 13.5. The highest BCUT2D eigenvalue weighted by atomic mass is 35.5. The molecular formula is C19H16ClF6N3O2. The van der Waals surface area contributed by atoms with E-state index >= 15 is 0 Å². The summed E-state index contributed by atoms with van der Waals surface area (Å²) in [7, 11) is 1.92. The number of halogens is 7. The Kier molecular flexibility index (Phi) is 5.24. The van der Waals surface area contributed by atoms with E-state index in [1.54, 1.807) is 0 Å². The molecule has 0 saturated carbocycles. The number of likely N-dealkylation sites (tertiary alicyclic amines) is 1. The summed E-state index contributed by atoms with van der Waals surface area (Å²) in [4.78, 5) is 18.1. The monoisotopic (exact) mass is 467 g/mol. The zero-order valence-electron chi connectivity index (χ0n) is 16.1. The molecule has 3 heterocycles. The van der Waals surface area contributed by atoms with E-state index in [2.05, 4.69) is 9.88 Å². The van der Waals surface area contributed by atoms with E-state index in [0.717, 1.165) is 6.07 Å². The van der Waals surface area contributed by atoms with Crippen LogP contribution in [0.3, 0.4) is 0 Å². The zero-order valence-corrected chi connectivity index (χ0v) is 16.8. The van der Waals surface area contributed by atoms with Gasteiger partial charge in [0.2, 0.25) is 5.82 Å². The second-order valence-corrected chi connectivity index (χ2v) is 8.06. The van der Waals surface area contributed by atoms with Crippen LogP contribution in [0.2, 0.25) is 5.02 Å². The number of hydrogen-bond donors (Lipinski definition) is 0. The second kappa shape index (κ2) is 7.40. The van der Waals surface area contributed by atoms with E-state index in [1.165, 1.54) is 6.07 Å². The van der Waals surface area contributed by atoms with Crippen molar-refractivity contribution in [3.63, 3.8) is 0 Å². The first-order chi connectivity index (χ1) is 14.3. The molecule has 1 aliphatic heterocycles. The molecule has 1 aliphatic rings. The quantitative estimate of drug-likeness (QED) is 0.487. The van der Waals surface area contributed by atoms with Gasteiger partial charge in [-0.3, -0.25) is 4.79 Å². The molecule has 5 nitrogen and oxygen atoms in total. The SMILES string of the molecule is CN1CCC(c2cc(=O)c3cc(Cl)c4nc(C(F)(F)F)n(CC(F)(F)F)c4c3o2)CC1. The molecule has 0 bridgehead atoms. The minimum atomic E-state index is -5.17. The Balaban J connectivity index is 2.04. The van der Waals surface area contributed by atoms with Crippen LogP contribution >= 0.6 is 11.6 Å². The van der Waals surface area contributed by atoms with Crippen molar-refractivity contribution in [3.05, 3.63) is 39.0 Å². The fourth-order valence-corrected chi connectivity index (χ4v) is 4.16. The Morgan fingerprint density at radius 1 is 1.16 bits per heavy atom. The number of benzene rings is 1. The maximum Gasteiger partial charge on any atom is 0.449 e. The lowest BCUT2D eigenvalue weighted by atomic mass is 9.94. The minimum absolute atomic E-state index is 0.0229. The van der Waals surface area contributed by atoms with Gasteiger partial charge >= 0.3 is 12.4 Å². The van der Waals surface area contributed by atoms with Gasteiger partial charge in [0.1, 0.15) is 23.3 Å². The highest BCUT2D eigenvalue weighted by molar-refractivity contribution is 6.36. The molecule has 4 rings (SSSR count). The molecule has 12 heteroatoms. The summed E-state index contributed by atoms with van der Waals surface area (Å²) in [5.41, 5.74) is -2.08. The van der Waals surface area contributed by atoms with E-state index in [4.69, 9.17) is 16.0 Å². The molecule has 1 aromatic carbocycles. The normalized spacial score (nSPS) is 17.2. The van der Waals surface area contributed by atoms with Gasteiger partial charge < -0.3 is 13.9 Å². The standard InChI is InChI=1S/C19H16ClF6N3O2/c1-28-4-2-9(3-5-28)13-7-12(30)10-6-11(20)14-15(16(10)31-13)29(8-18(21,22)23)17(27-14)19(24,25)26/h6-7,9H,2-5,8H2,1H3. The van der Waals surface area contributed by atoms with Crippen LogP contribution in [0.1, 0.15) is 30.3 Å². The third kappa shape index (κ3) is 4.12. The Hall–Kier alpha value is -2.27. The molecule has 0 aliphatic carbocycles. The van der Waals surface area contributed by atoms with Crippen molar-refractivity contribution >= 4 is 33.6 Å². The Labute approximate surface area is 176 Å². The van der Waals surface area contributed by atoms with Crippen LogP contribution in [0.4, 0.5) is 26.3 Å².